The zero-order chi connectivity index (χ0) is 17.6. The molecule has 0 saturated heterocycles. The maximum atomic E-state index is 12.9. The molecule has 0 aliphatic rings. The Balaban J connectivity index is 2.17. The van der Waals surface area contributed by atoms with E-state index in [9.17, 15) is 13.2 Å². The van der Waals surface area contributed by atoms with Gasteiger partial charge in [0.1, 0.15) is 0 Å². The summed E-state index contributed by atoms with van der Waals surface area (Å²) in [5.41, 5.74) is 1.01. The lowest BCUT2D eigenvalue weighted by Gasteiger charge is -2.24. The van der Waals surface area contributed by atoms with Gasteiger partial charge in [0.05, 0.1) is 5.56 Å². The van der Waals surface area contributed by atoms with Crippen LogP contribution in [0.25, 0.3) is 0 Å². The van der Waals surface area contributed by atoms with Gasteiger partial charge in [-0.25, -0.2) is 0 Å². The van der Waals surface area contributed by atoms with E-state index in [2.05, 4.69) is 5.32 Å². The van der Waals surface area contributed by atoms with Crippen molar-refractivity contribution >= 4 is 0 Å². The van der Waals surface area contributed by atoms with Crippen molar-refractivity contribution in [2.24, 2.45) is 0 Å². The van der Waals surface area contributed by atoms with Crippen molar-refractivity contribution in [3.05, 3.63) is 71.3 Å². The number of rotatable bonds is 7. The van der Waals surface area contributed by atoms with E-state index >= 15 is 0 Å². The lowest BCUT2D eigenvalue weighted by molar-refractivity contribution is -0.137. The third-order valence-corrected chi connectivity index (χ3v) is 4.02. The fourth-order valence-electron chi connectivity index (χ4n) is 2.71. The number of nitrogens with one attached hydrogen (secondary N) is 1. The van der Waals surface area contributed by atoms with Crippen molar-refractivity contribution in [3.63, 3.8) is 0 Å². The van der Waals surface area contributed by atoms with Crippen LogP contribution in [-0.4, -0.2) is 11.7 Å². The van der Waals surface area contributed by atoms with Crippen LogP contribution in [0.2, 0.25) is 0 Å². The summed E-state index contributed by atoms with van der Waals surface area (Å²) in [7, 11) is 0. The molecule has 0 heterocycles. The number of aliphatic hydroxyl groups is 1. The van der Waals surface area contributed by atoms with E-state index in [0.717, 1.165) is 11.6 Å². The average molecular weight is 337 g/mol. The van der Waals surface area contributed by atoms with Crippen molar-refractivity contribution in [1.29, 1.82) is 0 Å². The summed E-state index contributed by atoms with van der Waals surface area (Å²) in [6.07, 6.45) is -3.00. The molecule has 24 heavy (non-hydrogen) atoms. The summed E-state index contributed by atoms with van der Waals surface area (Å²) in [6.45, 7) is 1.94. The molecule has 0 amide bonds. The summed E-state index contributed by atoms with van der Waals surface area (Å²) >= 11 is 0. The van der Waals surface area contributed by atoms with Gasteiger partial charge in [0, 0.05) is 18.7 Å². The maximum absolute atomic E-state index is 12.9. The van der Waals surface area contributed by atoms with Crippen LogP contribution < -0.4 is 5.32 Å². The van der Waals surface area contributed by atoms with Gasteiger partial charge in [0.25, 0.3) is 0 Å². The standard InChI is InChI=1S/C19H22F3NO/c1-14(16-9-5-10-17(13-16)19(20,21)22)23-18(11-6-12-24)15-7-3-2-4-8-15/h2-5,7-10,13-14,18,23-24H,6,11-12H2,1H3. The second kappa shape index (κ2) is 8.31. The molecule has 0 saturated carbocycles. The molecular formula is C19H22F3NO. The van der Waals surface area contributed by atoms with Crippen molar-refractivity contribution in [2.45, 2.75) is 38.0 Å². The number of halogens is 3. The van der Waals surface area contributed by atoms with Gasteiger partial charge in [0.15, 0.2) is 0 Å². The first-order chi connectivity index (χ1) is 11.4. The van der Waals surface area contributed by atoms with E-state index in [1.807, 2.05) is 37.3 Å². The Morgan fingerprint density at radius 2 is 1.67 bits per heavy atom. The second-order valence-electron chi connectivity index (χ2n) is 5.84. The van der Waals surface area contributed by atoms with Gasteiger partial charge in [-0.15, -0.1) is 0 Å². The van der Waals surface area contributed by atoms with Crippen LogP contribution >= 0.6 is 0 Å². The van der Waals surface area contributed by atoms with Crippen molar-refractivity contribution in [2.75, 3.05) is 6.61 Å². The molecule has 0 radical (unpaired) electrons. The van der Waals surface area contributed by atoms with Crippen LogP contribution in [0.15, 0.2) is 54.6 Å². The number of hydrogen-bond acceptors (Lipinski definition) is 2. The molecule has 2 nitrogen and oxygen atoms in total. The summed E-state index contributed by atoms with van der Waals surface area (Å²) in [5.74, 6) is 0. The topological polar surface area (TPSA) is 32.3 Å². The molecule has 2 unspecified atom stereocenters. The van der Waals surface area contributed by atoms with E-state index in [0.29, 0.717) is 18.4 Å². The molecule has 2 aromatic rings. The Morgan fingerprint density at radius 1 is 1.00 bits per heavy atom. The average Bonchev–Trinajstić information content (AvgIpc) is 2.58. The van der Waals surface area contributed by atoms with E-state index < -0.39 is 11.7 Å². The fourth-order valence-corrected chi connectivity index (χ4v) is 2.71. The van der Waals surface area contributed by atoms with E-state index in [1.165, 1.54) is 12.1 Å². The monoisotopic (exact) mass is 337 g/mol. The Labute approximate surface area is 140 Å². The summed E-state index contributed by atoms with van der Waals surface area (Å²) < 4.78 is 38.6. The lowest BCUT2D eigenvalue weighted by Crippen LogP contribution is -2.25. The minimum atomic E-state index is -4.34. The number of benzene rings is 2. The highest BCUT2D eigenvalue weighted by atomic mass is 19.4. The highest BCUT2D eigenvalue weighted by Gasteiger charge is 2.30. The molecule has 2 N–H and O–H groups in total. The van der Waals surface area contributed by atoms with Gasteiger partial charge < -0.3 is 10.4 Å². The van der Waals surface area contributed by atoms with Crippen LogP contribution in [0.3, 0.4) is 0 Å². The molecule has 2 aromatic carbocycles. The van der Waals surface area contributed by atoms with Crippen LogP contribution in [0.4, 0.5) is 13.2 Å². The van der Waals surface area contributed by atoms with Crippen LogP contribution in [0.5, 0.6) is 0 Å². The molecule has 0 aromatic heterocycles. The predicted molar refractivity (Wildman–Crippen MR) is 88.5 cm³/mol. The van der Waals surface area contributed by atoms with Crippen molar-refractivity contribution < 1.29 is 18.3 Å². The summed E-state index contributed by atoms with van der Waals surface area (Å²) in [5, 5.41) is 12.5. The first-order valence-corrected chi connectivity index (χ1v) is 8.01. The van der Waals surface area contributed by atoms with Crippen LogP contribution in [0, 0.1) is 0 Å². The normalized spacial score (nSPS) is 14.4. The zero-order valence-corrected chi connectivity index (χ0v) is 13.6. The van der Waals surface area contributed by atoms with Gasteiger partial charge in [-0.2, -0.15) is 13.2 Å². The van der Waals surface area contributed by atoms with Gasteiger partial charge in [-0.3, -0.25) is 0 Å². The lowest BCUT2D eigenvalue weighted by atomic mass is 9.98. The van der Waals surface area contributed by atoms with Crippen LogP contribution in [0.1, 0.15) is 48.5 Å². The summed E-state index contributed by atoms with van der Waals surface area (Å²) in [4.78, 5) is 0. The summed E-state index contributed by atoms with van der Waals surface area (Å²) in [6, 6.07) is 14.9. The zero-order valence-electron chi connectivity index (χ0n) is 13.6. The molecule has 2 rings (SSSR count). The molecule has 2 atom stereocenters. The number of aliphatic hydroxyl groups excluding tert-OH is 1. The van der Waals surface area contributed by atoms with E-state index in [1.54, 1.807) is 6.07 Å². The molecule has 130 valence electrons. The Hall–Kier alpha value is -1.85. The van der Waals surface area contributed by atoms with E-state index in [4.69, 9.17) is 5.11 Å². The Morgan fingerprint density at radius 3 is 2.29 bits per heavy atom. The molecule has 0 spiro atoms. The maximum Gasteiger partial charge on any atom is 0.416 e. The van der Waals surface area contributed by atoms with Crippen molar-refractivity contribution in [3.8, 4) is 0 Å². The van der Waals surface area contributed by atoms with Gasteiger partial charge in [0.2, 0.25) is 0 Å². The molecule has 0 fully saturated rings. The first kappa shape index (κ1) is 18.5. The van der Waals surface area contributed by atoms with Crippen LogP contribution in [-0.2, 0) is 6.18 Å². The van der Waals surface area contributed by atoms with Gasteiger partial charge in [-0.1, -0.05) is 42.5 Å². The quantitative estimate of drug-likeness (QED) is 0.755. The number of hydrogen-bond donors (Lipinski definition) is 2. The SMILES string of the molecule is CC(NC(CCCO)c1ccccc1)c1cccc(C(F)(F)F)c1. The predicted octanol–water partition coefficient (Wildman–Crippen LogP) is 4.87. The third kappa shape index (κ3) is 5.08. The fraction of sp³-hybridized carbons (Fsp3) is 0.368. The Kier molecular flexibility index (Phi) is 6.40. The minimum Gasteiger partial charge on any atom is -0.396 e. The molecular weight excluding hydrogens is 315 g/mol. The smallest absolute Gasteiger partial charge is 0.396 e. The number of alkyl halides is 3. The highest BCUT2D eigenvalue weighted by molar-refractivity contribution is 5.28. The highest BCUT2D eigenvalue weighted by Crippen LogP contribution is 2.31. The molecule has 5 heteroatoms. The molecule has 0 aliphatic heterocycles. The Bertz CT molecular complexity index is 628. The van der Waals surface area contributed by atoms with Gasteiger partial charge >= 0.3 is 6.18 Å². The van der Waals surface area contributed by atoms with Crippen molar-refractivity contribution in [1.82, 2.24) is 5.32 Å². The minimum absolute atomic E-state index is 0.0251. The van der Waals surface area contributed by atoms with Gasteiger partial charge in [-0.05, 0) is 43.0 Å². The second-order valence-corrected chi connectivity index (χ2v) is 5.84. The molecule has 0 bridgehead atoms. The largest absolute Gasteiger partial charge is 0.416 e. The first-order valence-electron chi connectivity index (χ1n) is 8.01. The third-order valence-electron chi connectivity index (χ3n) is 4.02. The molecule has 0 aliphatic carbocycles. The van der Waals surface area contributed by atoms with E-state index in [-0.39, 0.29) is 18.7 Å².